The molecule has 2 aromatic rings. The van der Waals surface area contributed by atoms with Gasteiger partial charge in [0.2, 0.25) is 0 Å². The fourth-order valence-electron chi connectivity index (χ4n) is 5.62. The largest absolute Gasteiger partial charge is 0.466 e. The SMILES string of the molecule is COC(=O)C1=CC=CC2C3C=CC=C(C(=O)OC)C(C1N2Cc1ccccc1)N3Cc1ccccc1. The summed E-state index contributed by atoms with van der Waals surface area (Å²) < 4.78 is 10.5. The summed E-state index contributed by atoms with van der Waals surface area (Å²) in [4.78, 5) is 31.0. The number of ether oxygens (including phenoxy) is 2. The third-order valence-corrected chi connectivity index (χ3v) is 7.19. The third kappa shape index (κ3) is 4.45. The molecule has 0 N–H and O–H groups in total. The molecule has 184 valence electrons. The van der Waals surface area contributed by atoms with Gasteiger partial charge in [-0.1, -0.05) is 97.1 Å². The molecule has 2 aromatic carbocycles. The van der Waals surface area contributed by atoms with Crippen molar-refractivity contribution in [3.63, 3.8) is 0 Å². The Morgan fingerprint density at radius 2 is 1.06 bits per heavy atom. The van der Waals surface area contributed by atoms with Gasteiger partial charge in [0.1, 0.15) is 0 Å². The van der Waals surface area contributed by atoms with Crippen LogP contribution in [0.2, 0.25) is 0 Å². The van der Waals surface area contributed by atoms with Crippen molar-refractivity contribution >= 4 is 11.9 Å². The molecular formula is C30H30N2O4. The van der Waals surface area contributed by atoms with Crippen LogP contribution in [0.5, 0.6) is 0 Å². The molecule has 0 spiro atoms. The normalized spacial score (nSPS) is 25.3. The van der Waals surface area contributed by atoms with Gasteiger partial charge in [-0.25, -0.2) is 9.59 Å². The number of fused-ring (bicyclic) bond motifs is 6. The van der Waals surface area contributed by atoms with E-state index in [1.54, 1.807) is 0 Å². The van der Waals surface area contributed by atoms with Gasteiger partial charge >= 0.3 is 11.9 Å². The second-order valence-corrected chi connectivity index (χ2v) is 9.18. The highest BCUT2D eigenvalue weighted by Gasteiger charge is 2.52. The van der Waals surface area contributed by atoms with Crippen molar-refractivity contribution in [3.8, 4) is 0 Å². The predicted molar refractivity (Wildman–Crippen MR) is 138 cm³/mol. The maximum Gasteiger partial charge on any atom is 0.335 e. The zero-order valence-corrected chi connectivity index (χ0v) is 20.5. The lowest BCUT2D eigenvalue weighted by atomic mass is 9.84. The Morgan fingerprint density at radius 1 is 0.667 bits per heavy atom. The molecule has 1 fully saturated rings. The molecule has 0 radical (unpaired) electrons. The van der Waals surface area contributed by atoms with Crippen LogP contribution in [0.15, 0.2) is 108 Å². The summed E-state index contributed by atoms with van der Waals surface area (Å²) >= 11 is 0. The number of esters is 2. The molecule has 4 atom stereocenters. The maximum absolute atomic E-state index is 13.2. The van der Waals surface area contributed by atoms with Crippen LogP contribution in [-0.4, -0.2) is 60.1 Å². The number of piperazine rings is 1. The Labute approximate surface area is 211 Å². The van der Waals surface area contributed by atoms with E-state index < -0.39 is 24.0 Å². The van der Waals surface area contributed by atoms with E-state index in [1.807, 2.05) is 60.7 Å². The zero-order valence-electron chi connectivity index (χ0n) is 20.5. The molecule has 4 unspecified atom stereocenters. The summed E-state index contributed by atoms with van der Waals surface area (Å²) in [7, 11) is 2.80. The molecule has 6 heteroatoms. The first-order valence-corrected chi connectivity index (χ1v) is 12.1. The van der Waals surface area contributed by atoms with Gasteiger partial charge in [0.05, 0.1) is 37.4 Å². The Balaban J connectivity index is 1.69. The van der Waals surface area contributed by atoms with Crippen LogP contribution in [0.4, 0.5) is 0 Å². The van der Waals surface area contributed by atoms with E-state index in [0.29, 0.717) is 24.2 Å². The highest BCUT2D eigenvalue weighted by molar-refractivity contribution is 5.94. The number of nitrogens with zero attached hydrogens (tertiary/aromatic N) is 2. The molecule has 3 aliphatic rings. The summed E-state index contributed by atoms with van der Waals surface area (Å²) in [6, 6.07) is 19.5. The minimum absolute atomic E-state index is 0.0322. The van der Waals surface area contributed by atoms with E-state index in [1.165, 1.54) is 14.2 Å². The van der Waals surface area contributed by atoms with Crippen LogP contribution in [0.25, 0.3) is 0 Å². The average molecular weight is 483 g/mol. The lowest BCUT2D eigenvalue weighted by Crippen LogP contribution is -2.68. The van der Waals surface area contributed by atoms with Crippen molar-refractivity contribution < 1.29 is 19.1 Å². The second kappa shape index (κ2) is 10.5. The van der Waals surface area contributed by atoms with Crippen molar-refractivity contribution in [2.75, 3.05) is 14.2 Å². The highest BCUT2D eigenvalue weighted by Crippen LogP contribution is 2.40. The molecule has 3 heterocycles. The van der Waals surface area contributed by atoms with E-state index >= 15 is 0 Å². The topological polar surface area (TPSA) is 59.1 Å². The Morgan fingerprint density at radius 3 is 1.42 bits per heavy atom. The Bertz CT molecular complexity index is 1130. The van der Waals surface area contributed by atoms with E-state index in [-0.39, 0.29) is 12.1 Å². The maximum atomic E-state index is 13.2. The molecule has 0 aromatic heterocycles. The molecule has 3 aliphatic heterocycles. The second-order valence-electron chi connectivity index (χ2n) is 9.18. The van der Waals surface area contributed by atoms with Gasteiger partial charge in [-0.05, 0) is 11.1 Å². The summed E-state index contributed by atoms with van der Waals surface area (Å²) in [5.41, 5.74) is 3.30. The van der Waals surface area contributed by atoms with E-state index in [0.717, 1.165) is 11.1 Å². The number of rotatable bonds is 6. The number of methoxy groups -OCH3 is 2. The van der Waals surface area contributed by atoms with Crippen LogP contribution < -0.4 is 0 Å². The average Bonchev–Trinajstić information content (AvgIpc) is 3.14. The van der Waals surface area contributed by atoms with Gasteiger partial charge in [0, 0.05) is 25.2 Å². The lowest BCUT2D eigenvalue weighted by Gasteiger charge is -2.54. The van der Waals surface area contributed by atoms with Gasteiger partial charge in [-0.2, -0.15) is 0 Å². The molecule has 36 heavy (non-hydrogen) atoms. The molecule has 1 saturated heterocycles. The minimum atomic E-state index is -0.428. The molecular weight excluding hydrogens is 452 g/mol. The minimum Gasteiger partial charge on any atom is -0.466 e. The number of carbonyl (C=O) groups excluding carboxylic acids is 2. The first kappa shape index (κ1) is 24.0. The lowest BCUT2D eigenvalue weighted by molar-refractivity contribution is -0.141. The van der Waals surface area contributed by atoms with Gasteiger partial charge in [0.15, 0.2) is 0 Å². The van der Waals surface area contributed by atoms with Crippen LogP contribution in [0, 0.1) is 0 Å². The van der Waals surface area contributed by atoms with Crippen molar-refractivity contribution in [3.05, 3.63) is 119 Å². The van der Waals surface area contributed by atoms with Crippen molar-refractivity contribution in [1.82, 2.24) is 9.80 Å². The van der Waals surface area contributed by atoms with Crippen LogP contribution in [0.1, 0.15) is 11.1 Å². The van der Waals surface area contributed by atoms with Crippen molar-refractivity contribution in [1.29, 1.82) is 0 Å². The third-order valence-electron chi connectivity index (χ3n) is 7.19. The van der Waals surface area contributed by atoms with E-state index in [9.17, 15) is 9.59 Å². The molecule has 6 nitrogen and oxygen atoms in total. The quantitative estimate of drug-likeness (QED) is 0.584. The fourth-order valence-corrected chi connectivity index (χ4v) is 5.62. The first-order valence-electron chi connectivity index (χ1n) is 12.1. The number of allylic oxidation sites excluding steroid dienone is 4. The smallest absolute Gasteiger partial charge is 0.335 e. The summed E-state index contributed by atoms with van der Waals surface area (Å²) in [6.07, 6.45) is 11.9. The van der Waals surface area contributed by atoms with Crippen LogP contribution in [-0.2, 0) is 32.2 Å². The van der Waals surface area contributed by atoms with Gasteiger partial charge < -0.3 is 9.47 Å². The number of hydrogen-bond acceptors (Lipinski definition) is 6. The highest BCUT2D eigenvalue weighted by atomic mass is 16.5. The van der Waals surface area contributed by atoms with Crippen LogP contribution in [0.3, 0.4) is 0 Å². The number of hydrogen-bond donors (Lipinski definition) is 0. The molecule has 0 aliphatic carbocycles. The molecule has 5 rings (SSSR count). The Kier molecular flexibility index (Phi) is 6.98. The van der Waals surface area contributed by atoms with Crippen molar-refractivity contribution in [2.24, 2.45) is 0 Å². The van der Waals surface area contributed by atoms with E-state index in [4.69, 9.17) is 9.47 Å². The van der Waals surface area contributed by atoms with Crippen LogP contribution >= 0.6 is 0 Å². The standard InChI is InChI=1S/C30H30N2O4/c1-35-29(33)23-15-9-17-25-26-18-10-16-24(30(34)36-2)28(32(26)20-22-13-7-4-8-14-22)27(23)31(25)19-21-11-5-3-6-12-21/h3-18,25-28H,19-20H2,1-2H3. The predicted octanol–water partition coefficient (Wildman–Crippen LogP) is 3.82. The van der Waals surface area contributed by atoms with Crippen molar-refractivity contribution in [2.45, 2.75) is 37.3 Å². The molecule has 4 bridgehead atoms. The number of benzene rings is 2. The zero-order chi connectivity index (χ0) is 25.1. The van der Waals surface area contributed by atoms with Gasteiger partial charge in [-0.15, -0.1) is 0 Å². The Hall–Kier alpha value is -3.74. The molecule has 0 saturated carbocycles. The first-order chi connectivity index (χ1) is 17.6. The summed E-state index contributed by atoms with van der Waals surface area (Å²) in [5.74, 6) is -0.800. The number of carbonyl (C=O) groups is 2. The summed E-state index contributed by atoms with van der Waals surface area (Å²) in [6.45, 7) is 1.23. The monoisotopic (exact) mass is 482 g/mol. The van der Waals surface area contributed by atoms with Gasteiger partial charge in [-0.3, -0.25) is 9.80 Å². The summed E-state index contributed by atoms with van der Waals surface area (Å²) in [5, 5.41) is 0. The van der Waals surface area contributed by atoms with Gasteiger partial charge in [0.25, 0.3) is 0 Å². The van der Waals surface area contributed by atoms with E-state index in [2.05, 4.69) is 46.2 Å². The molecule has 0 amide bonds. The fraction of sp³-hybridized carbons (Fsp3) is 0.267.